The Labute approximate surface area is 228 Å². The molecule has 8 nitrogen and oxygen atoms in total. The minimum Gasteiger partial charge on any atom is -0.493 e. The fourth-order valence-corrected chi connectivity index (χ4v) is 5.05. The van der Waals surface area contributed by atoms with Crippen molar-refractivity contribution in [2.24, 2.45) is 15.4 Å². The third kappa shape index (κ3) is 5.92. The van der Waals surface area contributed by atoms with Gasteiger partial charge in [-0.1, -0.05) is 30.3 Å². The fourth-order valence-electron chi connectivity index (χ4n) is 3.71. The first-order valence-corrected chi connectivity index (χ1v) is 13.4. The summed E-state index contributed by atoms with van der Waals surface area (Å²) in [7, 11) is -4.05. The van der Waals surface area contributed by atoms with E-state index in [0.29, 0.717) is 10.9 Å². The maximum Gasteiger partial charge on any atom is 0.416 e. The van der Waals surface area contributed by atoms with E-state index in [9.17, 15) is 26.7 Å². The van der Waals surface area contributed by atoms with Gasteiger partial charge >= 0.3 is 6.18 Å². The van der Waals surface area contributed by atoms with Gasteiger partial charge in [-0.25, -0.2) is 13.6 Å². The molecule has 4 rings (SSSR count). The number of hydrogen-bond donors (Lipinski definition) is 3. The molecule has 0 atom stereocenters. The van der Waals surface area contributed by atoms with Crippen LogP contribution in [-0.2, 0) is 22.7 Å². The molecule has 0 aliphatic heterocycles. The molecule has 0 radical (unpaired) electrons. The first-order valence-electron chi connectivity index (χ1n) is 10.4. The average Bonchev–Trinajstić information content (AvgIpc) is 3.07. The Balaban J connectivity index is 1.72. The fraction of sp³-hybridized carbons (Fsp3) is 0.0870. The van der Waals surface area contributed by atoms with Gasteiger partial charge in [-0.3, -0.25) is 0 Å². The maximum absolute atomic E-state index is 13.5. The van der Waals surface area contributed by atoms with Crippen molar-refractivity contribution in [1.82, 2.24) is 4.57 Å². The zero-order chi connectivity index (χ0) is 27.0. The number of aromatic hydroxyl groups is 1. The van der Waals surface area contributed by atoms with Crippen LogP contribution in [0.3, 0.4) is 0 Å². The van der Waals surface area contributed by atoms with Gasteiger partial charge in [-0.15, -0.1) is 10.2 Å². The van der Waals surface area contributed by atoms with Crippen LogP contribution in [0.4, 0.5) is 24.5 Å². The normalized spacial score (nSPS) is 12.4. The van der Waals surface area contributed by atoms with Crippen molar-refractivity contribution < 1.29 is 26.7 Å². The minimum absolute atomic E-state index is 0.0121. The Bertz CT molecular complexity index is 1650. The van der Waals surface area contributed by atoms with Crippen LogP contribution >= 0.6 is 34.8 Å². The van der Waals surface area contributed by atoms with Gasteiger partial charge in [-0.05, 0) is 76.8 Å². The Kier molecular flexibility index (Phi) is 7.55. The molecule has 0 aliphatic rings. The molecule has 37 heavy (non-hydrogen) atoms. The smallest absolute Gasteiger partial charge is 0.416 e. The van der Waals surface area contributed by atoms with Gasteiger partial charge in [0.1, 0.15) is 4.90 Å². The summed E-state index contributed by atoms with van der Waals surface area (Å²) in [6.07, 6.45) is -4.57. The van der Waals surface area contributed by atoms with Crippen LogP contribution in [0, 0.1) is 3.57 Å². The zero-order valence-electron chi connectivity index (χ0n) is 18.6. The summed E-state index contributed by atoms with van der Waals surface area (Å²) < 4.78 is 66.3. The standard InChI is InChI=1S/C23H17F3IN5O3S2/c24-23(25,26)16-6-2-1-5-13(16)12-32-18-10-9-14(27)11-15(18)20(21(32)33)30-31-22(36)29-17-7-3-4-8-19(17)37(28,34)35/h1-11,33H,12H2,(H,29,36)(H2,28,34,35). The molecule has 0 unspecified atom stereocenters. The number of rotatable bonds is 5. The predicted molar refractivity (Wildman–Crippen MR) is 145 cm³/mol. The van der Waals surface area contributed by atoms with E-state index in [2.05, 4.69) is 38.1 Å². The zero-order valence-corrected chi connectivity index (χ0v) is 22.4. The molecular formula is C23H17F3IN5O3S2. The molecule has 14 heteroatoms. The van der Waals surface area contributed by atoms with E-state index in [1.807, 2.05) is 0 Å². The second-order valence-electron chi connectivity index (χ2n) is 7.75. The molecule has 0 bridgehead atoms. The van der Waals surface area contributed by atoms with Crippen molar-refractivity contribution in [3.63, 3.8) is 0 Å². The lowest BCUT2D eigenvalue weighted by Crippen LogP contribution is -2.16. The molecule has 0 aliphatic carbocycles. The second-order valence-corrected chi connectivity index (χ2v) is 10.9. The van der Waals surface area contributed by atoms with Crippen molar-refractivity contribution in [3.8, 4) is 5.88 Å². The number of alkyl halides is 3. The number of azo groups is 1. The number of hydrogen-bond acceptors (Lipinski definition) is 5. The lowest BCUT2D eigenvalue weighted by atomic mass is 10.1. The number of primary sulfonamides is 1. The van der Waals surface area contributed by atoms with E-state index in [-0.39, 0.29) is 33.5 Å². The third-order valence-corrected chi connectivity index (χ3v) is 7.12. The summed E-state index contributed by atoms with van der Waals surface area (Å²) in [5.41, 5.74) is -0.354. The van der Waals surface area contributed by atoms with Gasteiger partial charge in [-0.2, -0.15) is 13.2 Å². The summed E-state index contributed by atoms with van der Waals surface area (Å²) >= 11 is 7.21. The molecule has 0 amide bonds. The van der Waals surface area contributed by atoms with E-state index >= 15 is 0 Å². The number of nitrogens with one attached hydrogen (secondary N) is 1. The van der Waals surface area contributed by atoms with Crippen molar-refractivity contribution in [3.05, 3.63) is 81.4 Å². The van der Waals surface area contributed by atoms with E-state index in [4.69, 9.17) is 17.4 Å². The summed E-state index contributed by atoms with van der Waals surface area (Å²) in [4.78, 5) is -0.204. The van der Waals surface area contributed by atoms with E-state index in [1.54, 1.807) is 24.3 Å². The van der Waals surface area contributed by atoms with Gasteiger partial charge in [0.05, 0.1) is 23.3 Å². The predicted octanol–water partition coefficient (Wildman–Crippen LogP) is 6.15. The third-order valence-electron chi connectivity index (χ3n) is 5.30. The van der Waals surface area contributed by atoms with Gasteiger partial charge < -0.3 is 15.0 Å². The summed E-state index contributed by atoms with van der Waals surface area (Å²) in [6.45, 7) is -0.279. The Morgan fingerprint density at radius 3 is 2.49 bits per heavy atom. The number of nitrogens with two attached hydrogens (primary N) is 1. The SMILES string of the molecule is NS(=O)(=O)c1ccccc1NC(=S)N=Nc1c(O)n(Cc2ccccc2C(F)(F)F)c2ccc(I)cc12. The number of para-hydroxylation sites is 1. The van der Waals surface area contributed by atoms with Crippen LogP contribution in [0.5, 0.6) is 5.88 Å². The number of sulfonamides is 1. The Hall–Kier alpha value is -3.08. The molecule has 1 heterocycles. The molecule has 0 fully saturated rings. The number of anilines is 1. The van der Waals surface area contributed by atoms with Crippen LogP contribution in [0.2, 0.25) is 0 Å². The minimum atomic E-state index is -4.57. The van der Waals surface area contributed by atoms with E-state index < -0.39 is 27.6 Å². The highest BCUT2D eigenvalue weighted by Crippen LogP contribution is 2.41. The van der Waals surface area contributed by atoms with Crippen LogP contribution in [-0.4, -0.2) is 23.2 Å². The number of aromatic nitrogens is 1. The largest absolute Gasteiger partial charge is 0.493 e. The summed E-state index contributed by atoms with van der Waals surface area (Å²) in [5.74, 6) is -0.412. The van der Waals surface area contributed by atoms with Crippen LogP contribution in [0.1, 0.15) is 11.1 Å². The first kappa shape index (κ1) is 27.0. The Morgan fingerprint density at radius 2 is 1.78 bits per heavy atom. The summed E-state index contributed by atoms with van der Waals surface area (Å²) in [6, 6.07) is 16.0. The molecule has 3 aromatic carbocycles. The van der Waals surface area contributed by atoms with Gasteiger partial charge in [0.2, 0.25) is 21.0 Å². The van der Waals surface area contributed by atoms with E-state index in [1.165, 1.54) is 41.0 Å². The highest BCUT2D eigenvalue weighted by atomic mass is 127. The monoisotopic (exact) mass is 659 g/mol. The van der Waals surface area contributed by atoms with Crippen molar-refractivity contribution in [2.45, 2.75) is 17.6 Å². The number of thiocarbonyl (C=S) groups is 1. The van der Waals surface area contributed by atoms with Gasteiger partial charge in [0, 0.05) is 8.96 Å². The molecule has 4 N–H and O–H groups in total. The summed E-state index contributed by atoms with van der Waals surface area (Å²) in [5, 5.41) is 27.0. The number of benzene rings is 3. The maximum atomic E-state index is 13.5. The molecule has 1 aromatic heterocycles. The highest BCUT2D eigenvalue weighted by Gasteiger charge is 2.33. The quantitative estimate of drug-likeness (QED) is 0.135. The van der Waals surface area contributed by atoms with Crippen LogP contribution < -0.4 is 10.5 Å². The second kappa shape index (κ2) is 10.4. The van der Waals surface area contributed by atoms with Gasteiger partial charge in [0.15, 0.2) is 5.69 Å². The van der Waals surface area contributed by atoms with Crippen molar-refractivity contribution in [1.29, 1.82) is 0 Å². The number of fused-ring (bicyclic) bond motifs is 1. The molecule has 4 aromatic rings. The van der Waals surface area contributed by atoms with Crippen molar-refractivity contribution in [2.75, 3.05) is 5.32 Å². The van der Waals surface area contributed by atoms with Gasteiger partial charge in [0.25, 0.3) is 0 Å². The van der Waals surface area contributed by atoms with E-state index in [0.717, 1.165) is 9.64 Å². The van der Waals surface area contributed by atoms with Crippen LogP contribution in [0.15, 0.2) is 81.9 Å². The average molecular weight is 659 g/mol. The molecule has 192 valence electrons. The number of nitrogens with zero attached hydrogens (tertiary/aromatic N) is 3. The first-order chi connectivity index (χ1) is 17.4. The number of halogens is 4. The topological polar surface area (TPSA) is 122 Å². The van der Waals surface area contributed by atoms with Crippen molar-refractivity contribution >= 4 is 72.2 Å². The Morgan fingerprint density at radius 1 is 1.11 bits per heavy atom. The molecule has 0 saturated carbocycles. The highest BCUT2D eigenvalue weighted by molar-refractivity contribution is 14.1. The molecular weight excluding hydrogens is 642 g/mol. The lowest BCUT2D eigenvalue weighted by molar-refractivity contribution is -0.138. The molecule has 0 spiro atoms. The van der Waals surface area contributed by atoms with Crippen LogP contribution in [0.25, 0.3) is 10.9 Å². The lowest BCUT2D eigenvalue weighted by Gasteiger charge is -2.14. The molecule has 0 saturated heterocycles.